The summed E-state index contributed by atoms with van der Waals surface area (Å²) in [5.74, 6) is 0.952. The van der Waals surface area contributed by atoms with Gasteiger partial charge in [0.1, 0.15) is 0 Å². The molecule has 2 atom stereocenters. The summed E-state index contributed by atoms with van der Waals surface area (Å²) in [6, 6.07) is 9.29. The van der Waals surface area contributed by atoms with Gasteiger partial charge in [-0.3, -0.25) is 4.90 Å². The molecular formula is C22H37IN4O. The van der Waals surface area contributed by atoms with Crippen molar-refractivity contribution in [1.29, 1.82) is 0 Å². The minimum Gasteiger partial charge on any atom is -0.373 e. The molecule has 1 aromatic carbocycles. The number of rotatable bonds is 6. The zero-order chi connectivity index (χ0) is 19.1. The molecule has 0 spiro atoms. The highest BCUT2D eigenvalue weighted by molar-refractivity contribution is 14.0. The third kappa shape index (κ3) is 7.19. The van der Waals surface area contributed by atoms with Gasteiger partial charge in [0.25, 0.3) is 0 Å². The summed E-state index contributed by atoms with van der Waals surface area (Å²) in [5.41, 5.74) is 2.69. The fourth-order valence-electron chi connectivity index (χ4n) is 4.27. The van der Waals surface area contributed by atoms with Gasteiger partial charge in [-0.25, -0.2) is 4.99 Å². The second kappa shape index (κ2) is 12.0. The molecule has 2 aliphatic rings. The molecule has 2 unspecified atom stereocenters. The maximum absolute atomic E-state index is 5.87. The summed E-state index contributed by atoms with van der Waals surface area (Å²) in [5, 5.41) is 7.02. The average Bonchev–Trinajstić information content (AvgIpc) is 3.13. The standard InChI is InChI=1S/C22H36N4O.HI/c1-4-23-22(25-21-11-7-8-12-21)24-13-19-9-5-6-10-20(19)16-26-14-17(2)27-18(3)15-26;/h5-6,9-10,17-18,21H,4,7-8,11-16H2,1-3H3,(H2,23,24,25);1H. The van der Waals surface area contributed by atoms with Crippen molar-refractivity contribution in [1.82, 2.24) is 15.5 Å². The minimum absolute atomic E-state index is 0. The van der Waals surface area contributed by atoms with Crippen LogP contribution < -0.4 is 10.6 Å². The smallest absolute Gasteiger partial charge is 0.191 e. The van der Waals surface area contributed by atoms with Gasteiger partial charge in [0.05, 0.1) is 18.8 Å². The summed E-state index contributed by atoms with van der Waals surface area (Å²) in [6.07, 6.45) is 5.78. The Labute approximate surface area is 187 Å². The van der Waals surface area contributed by atoms with Crippen molar-refractivity contribution in [3.63, 3.8) is 0 Å². The number of ether oxygens (including phenoxy) is 1. The highest BCUT2D eigenvalue weighted by atomic mass is 127. The van der Waals surface area contributed by atoms with Gasteiger partial charge in [0, 0.05) is 32.2 Å². The fraction of sp³-hybridized carbons (Fsp3) is 0.682. The molecule has 0 radical (unpaired) electrons. The van der Waals surface area contributed by atoms with Gasteiger partial charge in [0.2, 0.25) is 0 Å². The van der Waals surface area contributed by atoms with Gasteiger partial charge in [-0.1, -0.05) is 37.1 Å². The van der Waals surface area contributed by atoms with Gasteiger partial charge in [-0.2, -0.15) is 0 Å². The largest absolute Gasteiger partial charge is 0.373 e. The molecule has 0 bridgehead atoms. The van der Waals surface area contributed by atoms with Gasteiger partial charge in [0.15, 0.2) is 5.96 Å². The van der Waals surface area contributed by atoms with Crippen LogP contribution in [0.5, 0.6) is 0 Å². The first-order chi connectivity index (χ1) is 13.1. The van der Waals surface area contributed by atoms with Crippen LogP contribution in [0.25, 0.3) is 0 Å². The van der Waals surface area contributed by atoms with Crippen LogP contribution in [0.1, 0.15) is 57.6 Å². The predicted octanol–water partition coefficient (Wildman–Crippen LogP) is 3.91. The van der Waals surface area contributed by atoms with Crippen molar-refractivity contribution < 1.29 is 4.74 Å². The SMILES string of the molecule is CCNC(=NCc1ccccc1CN1CC(C)OC(C)C1)NC1CCCC1.I. The predicted molar refractivity (Wildman–Crippen MR) is 127 cm³/mol. The number of halogens is 1. The summed E-state index contributed by atoms with van der Waals surface area (Å²) in [4.78, 5) is 7.39. The van der Waals surface area contributed by atoms with E-state index in [0.717, 1.165) is 32.1 Å². The van der Waals surface area contributed by atoms with Crippen molar-refractivity contribution in [2.75, 3.05) is 19.6 Å². The third-order valence-electron chi connectivity index (χ3n) is 5.46. The molecule has 5 nitrogen and oxygen atoms in total. The first-order valence-electron chi connectivity index (χ1n) is 10.6. The van der Waals surface area contributed by atoms with Crippen LogP contribution in [-0.4, -0.2) is 48.7 Å². The lowest BCUT2D eigenvalue weighted by Crippen LogP contribution is -2.45. The Kier molecular flexibility index (Phi) is 10.0. The van der Waals surface area contributed by atoms with E-state index >= 15 is 0 Å². The lowest BCUT2D eigenvalue weighted by atomic mass is 10.1. The number of nitrogens with zero attached hydrogens (tertiary/aromatic N) is 2. The molecule has 1 aromatic rings. The summed E-state index contributed by atoms with van der Waals surface area (Å²) < 4.78 is 5.87. The van der Waals surface area contributed by atoms with E-state index < -0.39 is 0 Å². The Morgan fingerprint density at radius 2 is 1.75 bits per heavy atom. The zero-order valence-electron chi connectivity index (χ0n) is 17.6. The molecule has 1 saturated carbocycles. The Hall–Kier alpha value is -0.860. The second-order valence-electron chi connectivity index (χ2n) is 8.04. The van der Waals surface area contributed by atoms with Gasteiger partial charge >= 0.3 is 0 Å². The van der Waals surface area contributed by atoms with Crippen LogP contribution >= 0.6 is 24.0 Å². The third-order valence-corrected chi connectivity index (χ3v) is 5.46. The quantitative estimate of drug-likeness (QED) is 0.354. The molecule has 1 aliphatic carbocycles. The second-order valence-corrected chi connectivity index (χ2v) is 8.04. The van der Waals surface area contributed by atoms with Crippen LogP contribution in [0, 0.1) is 0 Å². The molecule has 2 fully saturated rings. The summed E-state index contributed by atoms with van der Waals surface area (Å²) >= 11 is 0. The molecule has 1 saturated heterocycles. The Morgan fingerprint density at radius 1 is 1.11 bits per heavy atom. The topological polar surface area (TPSA) is 48.9 Å². The molecule has 0 amide bonds. The minimum atomic E-state index is 0. The lowest BCUT2D eigenvalue weighted by molar-refractivity contribution is -0.0705. The van der Waals surface area contributed by atoms with Gasteiger partial charge in [-0.15, -0.1) is 24.0 Å². The van der Waals surface area contributed by atoms with Crippen LogP contribution in [0.15, 0.2) is 29.3 Å². The van der Waals surface area contributed by atoms with Crippen LogP contribution in [0.3, 0.4) is 0 Å². The average molecular weight is 500 g/mol. The number of hydrogen-bond acceptors (Lipinski definition) is 3. The summed E-state index contributed by atoms with van der Waals surface area (Å²) in [7, 11) is 0. The van der Waals surface area contributed by atoms with E-state index in [-0.39, 0.29) is 24.0 Å². The van der Waals surface area contributed by atoms with E-state index in [1.807, 2.05) is 0 Å². The number of hydrogen-bond donors (Lipinski definition) is 2. The molecule has 0 aromatic heterocycles. The molecular weight excluding hydrogens is 463 g/mol. The maximum Gasteiger partial charge on any atom is 0.191 e. The molecule has 3 rings (SSSR count). The Morgan fingerprint density at radius 3 is 2.39 bits per heavy atom. The molecule has 1 aliphatic heterocycles. The van der Waals surface area contributed by atoms with E-state index in [0.29, 0.717) is 24.8 Å². The number of benzene rings is 1. The van der Waals surface area contributed by atoms with Crippen LogP contribution in [0.2, 0.25) is 0 Å². The normalized spacial score (nSPS) is 24.0. The van der Waals surface area contributed by atoms with E-state index in [9.17, 15) is 0 Å². The number of morpholine rings is 1. The monoisotopic (exact) mass is 500 g/mol. The van der Waals surface area contributed by atoms with Gasteiger partial charge < -0.3 is 15.4 Å². The molecule has 6 heteroatoms. The van der Waals surface area contributed by atoms with E-state index in [1.54, 1.807) is 0 Å². The highest BCUT2D eigenvalue weighted by Crippen LogP contribution is 2.19. The molecule has 158 valence electrons. The maximum atomic E-state index is 5.87. The Bertz CT molecular complexity index is 608. The first kappa shape index (κ1) is 23.4. The van der Waals surface area contributed by atoms with E-state index in [2.05, 4.69) is 60.6 Å². The number of nitrogens with one attached hydrogen (secondary N) is 2. The van der Waals surface area contributed by atoms with Crippen LogP contribution in [-0.2, 0) is 17.8 Å². The van der Waals surface area contributed by atoms with E-state index in [4.69, 9.17) is 9.73 Å². The lowest BCUT2D eigenvalue weighted by Gasteiger charge is -2.35. The number of guanidine groups is 1. The van der Waals surface area contributed by atoms with Gasteiger partial charge in [-0.05, 0) is 44.7 Å². The summed E-state index contributed by atoms with van der Waals surface area (Å²) in [6.45, 7) is 11.0. The molecule has 28 heavy (non-hydrogen) atoms. The zero-order valence-corrected chi connectivity index (χ0v) is 19.9. The van der Waals surface area contributed by atoms with Crippen molar-refractivity contribution in [2.24, 2.45) is 4.99 Å². The van der Waals surface area contributed by atoms with Crippen molar-refractivity contribution >= 4 is 29.9 Å². The fourth-order valence-corrected chi connectivity index (χ4v) is 4.27. The van der Waals surface area contributed by atoms with Crippen LogP contribution in [0.4, 0.5) is 0 Å². The Balaban J connectivity index is 0.00000280. The first-order valence-corrected chi connectivity index (χ1v) is 10.6. The number of aliphatic imine (C=N–C) groups is 1. The highest BCUT2D eigenvalue weighted by Gasteiger charge is 2.22. The van der Waals surface area contributed by atoms with Crippen molar-refractivity contribution in [3.05, 3.63) is 35.4 Å². The van der Waals surface area contributed by atoms with Crippen molar-refractivity contribution in [2.45, 2.75) is 77.8 Å². The molecule has 1 heterocycles. The van der Waals surface area contributed by atoms with E-state index in [1.165, 1.54) is 36.8 Å². The molecule has 2 N–H and O–H groups in total. The van der Waals surface area contributed by atoms with Crippen molar-refractivity contribution in [3.8, 4) is 0 Å².